The molecule has 0 spiro atoms. The number of carbonyl (C=O) groups excluding carboxylic acids is 3. The number of rotatable bonds is 8. The van der Waals surface area contributed by atoms with Crippen molar-refractivity contribution < 1.29 is 14.4 Å². The Morgan fingerprint density at radius 2 is 1.19 bits per heavy atom. The SMILES string of the molecule is CC(C)C(=O)CN(C)C(=O)CN(C)C(=O)CN(C)C(C)C. The van der Waals surface area contributed by atoms with E-state index in [-0.39, 0.29) is 49.2 Å². The van der Waals surface area contributed by atoms with Crippen LogP contribution in [-0.4, -0.2) is 79.1 Å². The van der Waals surface area contributed by atoms with Gasteiger partial charge < -0.3 is 9.80 Å². The van der Waals surface area contributed by atoms with Crippen molar-refractivity contribution in [1.82, 2.24) is 14.7 Å². The van der Waals surface area contributed by atoms with E-state index in [9.17, 15) is 14.4 Å². The van der Waals surface area contributed by atoms with E-state index in [1.165, 1.54) is 9.80 Å². The molecule has 0 rings (SSSR count). The Bertz CT molecular complexity index is 380. The monoisotopic (exact) mass is 299 g/mol. The van der Waals surface area contributed by atoms with Gasteiger partial charge in [-0.05, 0) is 20.9 Å². The zero-order valence-electron chi connectivity index (χ0n) is 14.3. The van der Waals surface area contributed by atoms with Crippen LogP contribution in [0.3, 0.4) is 0 Å². The Kier molecular flexibility index (Phi) is 8.17. The summed E-state index contributed by atoms with van der Waals surface area (Å²) in [5.41, 5.74) is 0. The number of hydrogen-bond acceptors (Lipinski definition) is 4. The number of ketones is 1. The summed E-state index contributed by atoms with van der Waals surface area (Å²) in [5, 5.41) is 0. The van der Waals surface area contributed by atoms with Gasteiger partial charge in [-0.1, -0.05) is 13.8 Å². The quantitative estimate of drug-likeness (QED) is 0.653. The molecule has 0 N–H and O–H groups in total. The molecule has 0 aromatic carbocycles. The fourth-order valence-corrected chi connectivity index (χ4v) is 1.43. The third-order valence-corrected chi connectivity index (χ3v) is 3.53. The molecule has 0 unspecified atom stereocenters. The molecule has 6 heteroatoms. The van der Waals surface area contributed by atoms with Gasteiger partial charge in [-0.25, -0.2) is 0 Å². The maximum Gasteiger partial charge on any atom is 0.242 e. The molecular formula is C15H29N3O3. The van der Waals surface area contributed by atoms with E-state index >= 15 is 0 Å². The lowest BCUT2D eigenvalue weighted by Crippen LogP contribution is -2.45. The van der Waals surface area contributed by atoms with Crippen molar-refractivity contribution in [2.75, 3.05) is 40.8 Å². The largest absolute Gasteiger partial charge is 0.337 e. The molecule has 21 heavy (non-hydrogen) atoms. The lowest BCUT2D eigenvalue weighted by Gasteiger charge is -2.25. The molecule has 0 atom stereocenters. The summed E-state index contributed by atoms with van der Waals surface area (Å²) in [4.78, 5) is 40.3. The average molecular weight is 299 g/mol. The molecule has 0 aromatic heterocycles. The normalized spacial score (nSPS) is 11.1. The summed E-state index contributed by atoms with van der Waals surface area (Å²) in [6, 6.07) is 0.268. The number of carbonyl (C=O) groups is 3. The first-order valence-corrected chi connectivity index (χ1v) is 7.27. The highest BCUT2D eigenvalue weighted by molar-refractivity contribution is 5.89. The molecule has 0 saturated heterocycles. The van der Waals surface area contributed by atoms with Crippen LogP contribution in [0, 0.1) is 5.92 Å². The van der Waals surface area contributed by atoms with Crippen LogP contribution >= 0.6 is 0 Å². The first kappa shape index (κ1) is 19.6. The van der Waals surface area contributed by atoms with E-state index in [4.69, 9.17) is 0 Å². The Balaban J connectivity index is 4.37. The number of hydrogen-bond donors (Lipinski definition) is 0. The molecule has 0 heterocycles. The predicted octanol–water partition coefficient (Wildman–Crippen LogP) is 0.469. The molecule has 0 fully saturated rings. The van der Waals surface area contributed by atoms with Gasteiger partial charge in [0.1, 0.15) is 0 Å². The van der Waals surface area contributed by atoms with Crippen LogP contribution in [0.5, 0.6) is 0 Å². The van der Waals surface area contributed by atoms with Gasteiger partial charge in [0.15, 0.2) is 5.78 Å². The lowest BCUT2D eigenvalue weighted by molar-refractivity contribution is -0.140. The molecule has 0 aliphatic rings. The van der Waals surface area contributed by atoms with Gasteiger partial charge in [0.05, 0.1) is 19.6 Å². The maximum absolute atomic E-state index is 12.0. The third kappa shape index (κ3) is 7.22. The second-order valence-corrected chi connectivity index (χ2v) is 6.13. The fraction of sp³-hybridized carbons (Fsp3) is 0.800. The van der Waals surface area contributed by atoms with Crippen molar-refractivity contribution in [3.8, 4) is 0 Å². The molecule has 0 aromatic rings. The van der Waals surface area contributed by atoms with Crippen LogP contribution in [0.1, 0.15) is 27.7 Å². The van der Waals surface area contributed by atoms with Crippen LogP contribution in [0.4, 0.5) is 0 Å². The highest BCUT2D eigenvalue weighted by Crippen LogP contribution is 1.99. The minimum atomic E-state index is -0.230. The molecule has 2 amide bonds. The summed E-state index contributed by atoms with van der Waals surface area (Å²) >= 11 is 0. The van der Waals surface area contributed by atoms with Crippen molar-refractivity contribution in [3.63, 3.8) is 0 Å². The second kappa shape index (κ2) is 8.77. The standard InChI is InChI=1S/C15H29N3O3/c1-11(2)13(19)8-17(6)15(21)10-18(7)14(20)9-16(5)12(3)4/h11-12H,8-10H2,1-7H3. The van der Waals surface area contributed by atoms with Crippen molar-refractivity contribution in [1.29, 1.82) is 0 Å². The lowest BCUT2D eigenvalue weighted by atomic mass is 10.1. The minimum Gasteiger partial charge on any atom is -0.337 e. The Labute approximate surface area is 128 Å². The van der Waals surface area contributed by atoms with E-state index in [0.29, 0.717) is 0 Å². The third-order valence-electron chi connectivity index (χ3n) is 3.53. The molecule has 0 radical (unpaired) electrons. The van der Waals surface area contributed by atoms with Gasteiger partial charge in [-0.3, -0.25) is 19.3 Å². The van der Waals surface area contributed by atoms with Gasteiger partial charge in [0.25, 0.3) is 0 Å². The zero-order valence-corrected chi connectivity index (χ0v) is 14.3. The van der Waals surface area contributed by atoms with Gasteiger partial charge in [-0.15, -0.1) is 0 Å². The summed E-state index contributed by atoms with van der Waals surface area (Å²) in [6.45, 7) is 7.97. The molecular weight excluding hydrogens is 270 g/mol. The summed E-state index contributed by atoms with van der Waals surface area (Å²) < 4.78 is 0. The predicted molar refractivity (Wildman–Crippen MR) is 82.9 cm³/mol. The highest BCUT2D eigenvalue weighted by Gasteiger charge is 2.20. The van der Waals surface area contributed by atoms with Crippen LogP contribution in [0.2, 0.25) is 0 Å². The van der Waals surface area contributed by atoms with E-state index in [1.807, 2.05) is 25.8 Å². The van der Waals surface area contributed by atoms with Crippen LogP contribution in [0.15, 0.2) is 0 Å². The first-order chi connectivity index (χ1) is 9.56. The van der Waals surface area contributed by atoms with Crippen LogP contribution in [-0.2, 0) is 14.4 Å². The highest BCUT2D eigenvalue weighted by atomic mass is 16.2. The van der Waals surface area contributed by atoms with Gasteiger partial charge >= 0.3 is 0 Å². The molecule has 0 saturated carbocycles. The Morgan fingerprint density at radius 3 is 1.62 bits per heavy atom. The molecule has 6 nitrogen and oxygen atoms in total. The number of nitrogens with zero attached hydrogens (tertiary/aromatic N) is 3. The van der Waals surface area contributed by atoms with Crippen LogP contribution < -0.4 is 0 Å². The Hall–Kier alpha value is -1.43. The van der Waals surface area contributed by atoms with Crippen molar-refractivity contribution in [2.24, 2.45) is 5.92 Å². The van der Waals surface area contributed by atoms with Gasteiger partial charge in [0, 0.05) is 26.1 Å². The van der Waals surface area contributed by atoms with Gasteiger partial charge in [-0.2, -0.15) is 0 Å². The molecule has 122 valence electrons. The molecule has 0 aliphatic heterocycles. The van der Waals surface area contributed by atoms with Crippen molar-refractivity contribution in [3.05, 3.63) is 0 Å². The molecule has 0 bridgehead atoms. The molecule has 0 aliphatic carbocycles. The van der Waals surface area contributed by atoms with E-state index in [2.05, 4.69) is 0 Å². The average Bonchev–Trinajstić information content (AvgIpc) is 2.37. The van der Waals surface area contributed by atoms with E-state index in [1.54, 1.807) is 27.9 Å². The van der Waals surface area contributed by atoms with E-state index in [0.717, 1.165) is 0 Å². The number of amides is 2. The summed E-state index contributed by atoms with van der Waals surface area (Å²) in [5.74, 6) is -0.422. The summed E-state index contributed by atoms with van der Waals surface area (Å²) in [7, 11) is 5.05. The van der Waals surface area contributed by atoms with Crippen LogP contribution in [0.25, 0.3) is 0 Å². The summed E-state index contributed by atoms with van der Waals surface area (Å²) in [6.07, 6.45) is 0. The smallest absolute Gasteiger partial charge is 0.242 e. The number of likely N-dealkylation sites (N-methyl/N-ethyl adjacent to an activating group) is 3. The van der Waals surface area contributed by atoms with Gasteiger partial charge in [0.2, 0.25) is 11.8 Å². The topological polar surface area (TPSA) is 60.9 Å². The van der Waals surface area contributed by atoms with E-state index < -0.39 is 0 Å². The van der Waals surface area contributed by atoms with Crippen molar-refractivity contribution in [2.45, 2.75) is 33.7 Å². The first-order valence-electron chi connectivity index (χ1n) is 7.27. The zero-order chi connectivity index (χ0) is 16.7. The van der Waals surface area contributed by atoms with Crippen molar-refractivity contribution >= 4 is 17.6 Å². The maximum atomic E-state index is 12.0. The Morgan fingerprint density at radius 1 is 0.762 bits per heavy atom. The second-order valence-electron chi connectivity index (χ2n) is 6.13. The number of Topliss-reactive ketones (excluding diaryl/α,β-unsaturated/α-hetero) is 1. The fourth-order valence-electron chi connectivity index (χ4n) is 1.43. The minimum absolute atomic E-state index is 0.00730.